The van der Waals surface area contributed by atoms with Gasteiger partial charge >= 0.3 is 0 Å². The highest BCUT2D eigenvalue weighted by Crippen LogP contribution is 2.35. The molecule has 3 heterocycles. The van der Waals surface area contributed by atoms with Crippen LogP contribution in [0.25, 0.3) is 16.9 Å². The summed E-state index contributed by atoms with van der Waals surface area (Å²) in [6.07, 6.45) is 5.32. The van der Waals surface area contributed by atoms with Gasteiger partial charge in [0.15, 0.2) is 16.6 Å². The monoisotopic (exact) mass is 359 g/mol. The van der Waals surface area contributed by atoms with Crippen LogP contribution in [0.15, 0.2) is 34.3 Å². The number of hydrogen-bond donors (Lipinski definition) is 0. The minimum Gasteiger partial charge on any atom is -0.267 e. The Morgan fingerprint density at radius 1 is 1.28 bits per heavy atom. The van der Waals surface area contributed by atoms with E-state index in [-0.39, 0.29) is 11.6 Å². The first kappa shape index (κ1) is 16.3. The minimum atomic E-state index is -1.57. The zero-order valence-electron chi connectivity index (χ0n) is 14.2. The Morgan fingerprint density at radius 3 is 2.68 bits per heavy atom. The summed E-state index contributed by atoms with van der Waals surface area (Å²) < 4.78 is 17.8. The van der Waals surface area contributed by atoms with Crippen molar-refractivity contribution in [2.75, 3.05) is 6.26 Å². The van der Waals surface area contributed by atoms with Gasteiger partial charge in [-0.3, -0.25) is 4.79 Å². The van der Waals surface area contributed by atoms with Crippen molar-refractivity contribution in [1.82, 2.24) is 24.3 Å². The molecular formula is C17H18FN5OS. The van der Waals surface area contributed by atoms with Crippen LogP contribution in [0.5, 0.6) is 0 Å². The average Bonchev–Trinajstić information content (AvgIpc) is 3.38. The van der Waals surface area contributed by atoms with E-state index in [0.717, 1.165) is 12.8 Å². The van der Waals surface area contributed by atoms with Gasteiger partial charge in [-0.25, -0.2) is 28.7 Å². The zero-order chi connectivity index (χ0) is 17.8. The van der Waals surface area contributed by atoms with Crippen molar-refractivity contribution in [2.24, 2.45) is 0 Å². The van der Waals surface area contributed by atoms with Gasteiger partial charge in [0.1, 0.15) is 11.1 Å². The summed E-state index contributed by atoms with van der Waals surface area (Å²) in [6.45, 7) is 2.93. The van der Waals surface area contributed by atoms with Crippen LogP contribution in [0.1, 0.15) is 38.4 Å². The highest BCUT2D eigenvalue weighted by atomic mass is 32.2. The van der Waals surface area contributed by atoms with Crippen molar-refractivity contribution in [3.05, 3.63) is 40.4 Å². The molecule has 0 radical (unpaired) electrons. The van der Waals surface area contributed by atoms with Gasteiger partial charge in [-0.2, -0.15) is 0 Å². The first-order chi connectivity index (χ1) is 11.9. The normalized spacial score (nSPS) is 15.0. The summed E-state index contributed by atoms with van der Waals surface area (Å²) in [4.78, 5) is 26.0. The molecule has 0 spiro atoms. The number of nitrogens with zero attached hydrogens (tertiary/aromatic N) is 5. The molecule has 0 unspecified atom stereocenters. The van der Waals surface area contributed by atoms with Gasteiger partial charge in [0.25, 0.3) is 5.56 Å². The molecular weight excluding hydrogens is 341 g/mol. The molecule has 1 aliphatic rings. The Bertz CT molecular complexity index is 1020. The van der Waals surface area contributed by atoms with E-state index >= 15 is 0 Å². The maximum absolute atomic E-state index is 14.4. The van der Waals surface area contributed by atoms with Gasteiger partial charge in [-0.1, -0.05) is 17.8 Å². The Kier molecular flexibility index (Phi) is 3.68. The molecule has 3 aromatic heterocycles. The van der Waals surface area contributed by atoms with Crippen LogP contribution in [0.3, 0.4) is 0 Å². The van der Waals surface area contributed by atoms with E-state index in [1.165, 1.54) is 25.6 Å². The number of thioether (sulfide) groups is 1. The molecule has 0 N–H and O–H groups in total. The van der Waals surface area contributed by atoms with E-state index in [1.807, 2.05) is 6.26 Å². The van der Waals surface area contributed by atoms with Crippen molar-refractivity contribution in [2.45, 2.75) is 43.6 Å². The van der Waals surface area contributed by atoms with Gasteiger partial charge < -0.3 is 0 Å². The van der Waals surface area contributed by atoms with Crippen LogP contribution < -0.4 is 5.56 Å². The Morgan fingerprint density at radius 2 is 2.04 bits per heavy atom. The number of hydrogen-bond acceptors (Lipinski definition) is 5. The molecule has 0 atom stereocenters. The van der Waals surface area contributed by atoms with Gasteiger partial charge in [-0.05, 0) is 45.1 Å². The van der Waals surface area contributed by atoms with Gasteiger partial charge in [0, 0.05) is 6.20 Å². The van der Waals surface area contributed by atoms with Crippen LogP contribution in [-0.4, -0.2) is 30.6 Å². The topological polar surface area (TPSA) is 65.6 Å². The smallest absolute Gasteiger partial charge is 0.267 e. The van der Waals surface area contributed by atoms with Crippen molar-refractivity contribution in [3.8, 4) is 5.82 Å². The highest BCUT2D eigenvalue weighted by Gasteiger charge is 2.31. The molecule has 0 saturated heterocycles. The number of pyridine rings is 1. The van der Waals surface area contributed by atoms with E-state index in [2.05, 4.69) is 15.0 Å². The molecule has 1 aliphatic carbocycles. The summed E-state index contributed by atoms with van der Waals surface area (Å²) in [5.41, 5.74) is -0.862. The van der Waals surface area contributed by atoms with Crippen molar-refractivity contribution >= 4 is 22.8 Å². The average molecular weight is 359 g/mol. The molecule has 0 aliphatic heterocycles. The third-order valence-electron chi connectivity index (χ3n) is 4.24. The number of rotatable bonds is 4. The minimum absolute atomic E-state index is 0.128. The molecule has 1 saturated carbocycles. The van der Waals surface area contributed by atoms with Crippen molar-refractivity contribution in [1.29, 1.82) is 0 Å². The maximum atomic E-state index is 14.4. The summed E-state index contributed by atoms with van der Waals surface area (Å²) >= 11 is 1.41. The second-order valence-corrected chi connectivity index (χ2v) is 7.41. The van der Waals surface area contributed by atoms with E-state index < -0.39 is 5.67 Å². The molecule has 0 amide bonds. The lowest BCUT2D eigenvalue weighted by molar-refractivity contribution is 0.214. The molecule has 1 fully saturated rings. The SMILES string of the molecule is CSc1ncc2c(=O)n(C3CC3)n(-c3cccc(C(C)(C)F)n3)c2n1. The standard InChI is InChI=1S/C17H18FN5OS/c1-17(2,18)12-5-4-6-13(20-12)23-14-11(9-19-16(21-14)25-3)15(24)22(23)10-7-8-10/h4-6,9-10H,7-8H2,1-3H3. The Hall–Kier alpha value is -2.22. The lowest BCUT2D eigenvalue weighted by atomic mass is 10.1. The molecule has 25 heavy (non-hydrogen) atoms. The van der Waals surface area contributed by atoms with Crippen LogP contribution in [0.2, 0.25) is 0 Å². The molecule has 6 nitrogen and oxygen atoms in total. The molecule has 4 rings (SSSR count). The fraction of sp³-hybridized carbons (Fsp3) is 0.412. The van der Waals surface area contributed by atoms with Gasteiger partial charge in [-0.15, -0.1) is 0 Å². The number of alkyl halides is 1. The molecule has 130 valence electrons. The van der Waals surface area contributed by atoms with E-state index in [1.54, 1.807) is 33.8 Å². The molecule has 3 aromatic rings. The van der Waals surface area contributed by atoms with Crippen LogP contribution in [-0.2, 0) is 5.67 Å². The fourth-order valence-electron chi connectivity index (χ4n) is 2.82. The predicted molar refractivity (Wildman–Crippen MR) is 95.1 cm³/mol. The first-order valence-electron chi connectivity index (χ1n) is 8.11. The maximum Gasteiger partial charge on any atom is 0.278 e. The summed E-state index contributed by atoms with van der Waals surface area (Å²) in [5.74, 6) is 0.493. The second kappa shape index (κ2) is 5.66. The summed E-state index contributed by atoms with van der Waals surface area (Å²) in [5, 5.41) is 1.03. The number of fused-ring (bicyclic) bond motifs is 1. The quantitative estimate of drug-likeness (QED) is 0.528. The number of aromatic nitrogens is 5. The Balaban J connectivity index is 2.03. The highest BCUT2D eigenvalue weighted by molar-refractivity contribution is 7.98. The molecule has 8 heteroatoms. The largest absolute Gasteiger partial charge is 0.278 e. The van der Waals surface area contributed by atoms with E-state index in [9.17, 15) is 9.18 Å². The van der Waals surface area contributed by atoms with Crippen molar-refractivity contribution < 1.29 is 4.39 Å². The van der Waals surface area contributed by atoms with Crippen LogP contribution in [0.4, 0.5) is 4.39 Å². The summed E-state index contributed by atoms with van der Waals surface area (Å²) in [6, 6.07) is 5.30. The van der Waals surface area contributed by atoms with E-state index in [0.29, 0.717) is 27.7 Å². The Labute approximate surface area is 148 Å². The fourth-order valence-corrected chi connectivity index (χ4v) is 3.16. The van der Waals surface area contributed by atoms with Gasteiger partial charge in [0.2, 0.25) is 0 Å². The van der Waals surface area contributed by atoms with Gasteiger partial charge in [0.05, 0.1) is 11.7 Å². The van der Waals surface area contributed by atoms with Crippen LogP contribution in [0, 0.1) is 0 Å². The van der Waals surface area contributed by atoms with E-state index in [4.69, 9.17) is 0 Å². The second-order valence-electron chi connectivity index (χ2n) is 6.64. The number of halogens is 1. The molecule has 0 bridgehead atoms. The predicted octanol–water partition coefficient (Wildman–Crippen LogP) is 3.24. The lowest BCUT2D eigenvalue weighted by Gasteiger charge is -2.16. The summed E-state index contributed by atoms with van der Waals surface area (Å²) in [7, 11) is 0. The molecule has 0 aromatic carbocycles. The third kappa shape index (κ3) is 2.74. The third-order valence-corrected chi connectivity index (χ3v) is 4.80. The van der Waals surface area contributed by atoms with Crippen LogP contribution >= 0.6 is 11.8 Å². The lowest BCUT2D eigenvalue weighted by Crippen LogP contribution is -2.22. The first-order valence-corrected chi connectivity index (χ1v) is 9.33. The zero-order valence-corrected chi connectivity index (χ0v) is 15.0. The van der Waals surface area contributed by atoms with Crippen molar-refractivity contribution in [3.63, 3.8) is 0 Å².